The maximum absolute atomic E-state index is 11.4. The molecule has 0 bridgehead atoms. The number of carbonyl (C=O) groups is 1. The fourth-order valence-corrected chi connectivity index (χ4v) is 4.37. The van der Waals surface area contributed by atoms with E-state index in [2.05, 4.69) is 33.0 Å². The summed E-state index contributed by atoms with van der Waals surface area (Å²) in [5.41, 5.74) is -0.121. The number of rotatable bonds is 4. The molecule has 0 saturated heterocycles. The van der Waals surface area contributed by atoms with Gasteiger partial charge in [0, 0.05) is 12.1 Å². The Balaban J connectivity index is 1.96. The number of nitrogens with one attached hydrogen (secondary N) is 1. The molecule has 0 radical (unpaired) electrons. The van der Waals surface area contributed by atoms with Crippen LogP contribution in [0.15, 0.2) is 0 Å². The molecule has 5 unspecified atom stereocenters. The zero-order valence-corrected chi connectivity index (χ0v) is 13.5. The maximum atomic E-state index is 11.4. The van der Waals surface area contributed by atoms with E-state index in [9.17, 15) is 9.90 Å². The van der Waals surface area contributed by atoms with Gasteiger partial charge in [0.2, 0.25) is 0 Å². The molecule has 3 nitrogen and oxygen atoms in total. The van der Waals surface area contributed by atoms with Crippen LogP contribution in [0.4, 0.5) is 0 Å². The minimum atomic E-state index is -0.618. The topological polar surface area (TPSA) is 49.3 Å². The predicted molar refractivity (Wildman–Crippen MR) is 81.6 cm³/mol. The number of hydrogen-bond acceptors (Lipinski definition) is 2. The van der Waals surface area contributed by atoms with Crippen molar-refractivity contribution in [3.8, 4) is 0 Å². The minimum absolute atomic E-state index is 0.121. The van der Waals surface area contributed by atoms with Crippen molar-refractivity contribution in [1.82, 2.24) is 5.32 Å². The molecular weight excluding hydrogens is 250 g/mol. The molecule has 20 heavy (non-hydrogen) atoms. The van der Waals surface area contributed by atoms with Crippen molar-refractivity contribution in [2.45, 2.75) is 78.3 Å². The lowest BCUT2D eigenvalue weighted by molar-refractivity contribution is -0.150. The van der Waals surface area contributed by atoms with Crippen LogP contribution in [0.2, 0.25) is 0 Å². The van der Waals surface area contributed by atoms with Crippen molar-refractivity contribution < 1.29 is 9.90 Å². The fourth-order valence-electron chi connectivity index (χ4n) is 4.37. The van der Waals surface area contributed by atoms with Gasteiger partial charge in [-0.3, -0.25) is 4.79 Å². The van der Waals surface area contributed by atoms with Gasteiger partial charge in [-0.1, -0.05) is 34.1 Å². The molecule has 2 fully saturated rings. The van der Waals surface area contributed by atoms with Crippen LogP contribution in [0.1, 0.15) is 66.2 Å². The van der Waals surface area contributed by atoms with Crippen LogP contribution < -0.4 is 5.32 Å². The van der Waals surface area contributed by atoms with E-state index in [-0.39, 0.29) is 11.3 Å². The summed E-state index contributed by atoms with van der Waals surface area (Å²) in [4.78, 5) is 11.4. The van der Waals surface area contributed by atoms with Crippen LogP contribution in [-0.2, 0) is 4.79 Å². The van der Waals surface area contributed by atoms with Crippen molar-refractivity contribution in [2.75, 3.05) is 0 Å². The lowest BCUT2D eigenvalue weighted by atomic mass is 9.61. The van der Waals surface area contributed by atoms with E-state index in [4.69, 9.17) is 0 Å². The maximum Gasteiger partial charge on any atom is 0.307 e. The van der Waals surface area contributed by atoms with E-state index in [0.29, 0.717) is 18.0 Å². The van der Waals surface area contributed by atoms with Crippen LogP contribution in [-0.4, -0.2) is 23.2 Å². The second kappa shape index (κ2) is 6.05. The first-order chi connectivity index (χ1) is 9.36. The van der Waals surface area contributed by atoms with Gasteiger partial charge >= 0.3 is 5.97 Å². The van der Waals surface area contributed by atoms with Gasteiger partial charge in [0.15, 0.2) is 0 Å². The first-order valence-electron chi connectivity index (χ1n) is 8.35. The molecule has 0 amide bonds. The Hall–Kier alpha value is -0.570. The summed E-state index contributed by atoms with van der Waals surface area (Å²) >= 11 is 0. The van der Waals surface area contributed by atoms with E-state index in [0.717, 1.165) is 18.8 Å². The first-order valence-corrected chi connectivity index (χ1v) is 8.35. The second-order valence-corrected chi connectivity index (χ2v) is 7.64. The molecule has 0 heterocycles. The van der Waals surface area contributed by atoms with Crippen molar-refractivity contribution in [1.29, 1.82) is 0 Å². The Kier molecular flexibility index (Phi) is 4.78. The van der Waals surface area contributed by atoms with Crippen molar-refractivity contribution in [2.24, 2.45) is 23.2 Å². The Morgan fingerprint density at radius 3 is 2.50 bits per heavy atom. The Morgan fingerprint density at radius 2 is 1.95 bits per heavy atom. The predicted octanol–water partition coefficient (Wildman–Crippen LogP) is 3.68. The van der Waals surface area contributed by atoms with Crippen LogP contribution in [0.3, 0.4) is 0 Å². The molecular formula is C17H31NO2. The monoisotopic (exact) mass is 281 g/mol. The average Bonchev–Trinajstić information content (AvgIpc) is 2.82. The highest BCUT2D eigenvalue weighted by atomic mass is 16.4. The zero-order valence-electron chi connectivity index (χ0n) is 13.5. The Bertz CT molecular complexity index is 353. The van der Waals surface area contributed by atoms with Crippen molar-refractivity contribution in [3.05, 3.63) is 0 Å². The molecule has 3 heteroatoms. The Morgan fingerprint density at radius 1 is 1.25 bits per heavy atom. The van der Waals surface area contributed by atoms with Crippen LogP contribution >= 0.6 is 0 Å². The van der Waals surface area contributed by atoms with Gasteiger partial charge in [-0.05, 0) is 49.4 Å². The van der Waals surface area contributed by atoms with Crippen molar-refractivity contribution >= 4 is 5.97 Å². The molecule has 2 aliphatic carbocycles. The summed E-state index contributed by atoms with van der Waals surface area (Å²) in [5, 5.41) is 13.3. The van der Waals surface area contributed by atoms with E-state index >= 15 is 0 Å². The van der Waals surface area contributed by atoms with E-state index in [1.807, 2.05) is 0 Å². The molecule has 116 valence electrons. The summed E-state index contributed by atoms with van der Waals surface area (Å²) < 4.78 is 0. The van der Waals surface area contributed by atoms with E-state index < -0.39 is 5.97 Å². The summed E-state index contributed by atoms with van der Waals surface area (Å²) in [6.45, 7) is 8.79. The summed E-state index contributed by atoms with van der Waals surface area (Å²) in [5.74, 6) is 0.499. The molecule has 2 N–H and O–H groups in total. The lowest BCUT2D eigenvalue weighted by Gasteiger charge is -2.47. The summed E-state index contributed by atoms with van der Waals surface area (Å²) in [6, 6.07) is 1.14. The molecule has 2 saturated carbocycles. The highest BCUT2D eigenvalue weighted by molar-refractivity contribution is 5.71. The van der Waals surface area contributed by atoms with Gasteiger partial charge in [-0.2, -0.15) is 0 Å². The fraction of sp³-hybridized carbons (Fsp3) is 0.941. The van der Waals surface area contributed by atoms with Gasteiger partial charge in [0.05, 0.1) is 5.92 Å². The van der Waals surface area contributed by atoms with Crippen LogP contribution in [0.25, 0.3) is 0 Å². The van der Waals surface area contributed by atoms with Gasteiger partial charge in [-0.25, -0.2) is 0 Å². The SMILES string of the molecule is CCC1CCC(NC2CCC(C(=O)O)C(C)(C)C2C)C1. The molecule has 0 aromatic carbocycles. The molecule has 0 spiro atoms. The largest absolute Gasteiger partial charge is 0.481 e. The molecule has 0 aliphatic heterocycles. The van der Waals surface area contributed by atoms with Crippen LogP contribution in [0.5, 0.6) is 0 Å². The third-order valence-electron chi connectivity index (χ3n) is 6.31. The number of hydrogen-bond donors (Lipinski definition) is 2. The molecule has 2 rings (SSSR count). The van der Waals surface area contributed by atoms with E-state index in [1.54, 1.807) is 0 Å². The smallest absolute Gasteiger partial charge is 0.307 e. The molecule has 0 aromatic rings. The van der Waals surface area contributed by atoms with Gasteiger partial charge in [-0.15, -0.1) is 0 Å². The first kappa shape index (κ1) is 15.8. The molecule has 0 aromatic heterocycles. The van der Waals surface area contributed by atoms with Gasteiger partial charge in [0.25, 0.3) is 0 Å². The highest BCUT2D eigenvalue weighted by Crippen LogP contribution is 2.45. The third kappa shape index (κ3) is 3.03. The number of aliphatic carboxylic acids is 1. The quantitative estimate of drug-likeness (QED) is 0.826. The second-order valence-electron chi connectivity index (χ2n) is 7.64. The van der Waals surface area contributed by atoms with Gasteiger partial charge in [0.1, 0.15) is 0 Å². The lowest BCUT2D eigenvalue weighted by Crippen LogP contribution is -2.53. The van der Waals surface area contributed by atoms with Gasteiger partial charge < -0.3 is 10.4 Å². The summed E-state index contributed by atoms with van der Waals surface area (Å²) in [7, 11) is 0. The molecule has 2 aliphatic rings. The van der Waals surface area contributed by atoms with E-state index in [1.165, 1.54) is 25.7 Å². The Labute approximate surface area is 123 Å². The molecule has 5 atom stereocenters. The minimum Gasteiger partial charge on any atom is -0.481 e. The van der Waals surface area contributed by atoms with Crippen LogP contribution in [0, 0.1) is 23.2 Å². The third-order valence-corrected chi connectivity index (χ3v) is 6.31. The average molecular weight is 281 g/mol. The highest BCUT2D eigenvalue weighted by Gasteiger charge is 2.46. The zero-order chi connectivity index (χ0) is 14.9. The number of carboxylic acids is 1. The standard InChI is InChI=1S/C17H31NO2/c1-5-12-6-7-13(10-12)18-15-9-8-14(16(19)20)17(3,4)11(15)2/h11-15,18H,5-10H2,1-4H3,(H,19,20). The normalized spacial score (nSPS) is 40.7. The number of carboxylic acid groups (broad SMARTS) is 1. The van der Waals surface area contributed by atoms with Crippen molar-refractivity contribution in [3.63, 3.8) is 0 Å². The summed E-state index contributed by atoms with van der Waals surface area (Å²) in [6.07, 6.45) is 7.08.